The van der Waals surface area contributed by atoms with Gasteiger partial charge in [0.1, 0.15) is 0 Å². The Morgan fingerprint density at radius 2 is 2.05 bits per heavy atom. The second kappa shape index (κ2) is 7.81. The summed E-state index contributed by atoms with van der Waals surface area (Å²) in [6, 6.07) is 5.70. The number of rotatable bonds is 5. The van der Waals surface area contributed by atoms with Crippen LogP contribution in [0.5, 0.6) is 0 Å². The highest BCUT2D eigenvalue weighted by atomic mass is 35.5. The fourth-order valence-corrected chi connectivity index (χ4v) is 2.50. The number of benzene rings is 1. The summed E-state index contributed by atoms with van der Waals surface area (Å²) in [5.74, 6) is 0. The SMILES string of the molecule is Cc1nn(CCCNC(=S)Nc2cccc(Cl)c2C)cc1Cl. The van der Waals surface area contributed by atoms with Crippen molar-refractivity contribution in [2.24, 2.45) is 0 Å². The van der Waals surface area contributed by atoms with Crippen molar-refractivity contribution < 1.29 is 0 Å². The highest BCUT2D eigenvalue weighted by Crippen LogP contribution is 2.22. The number of thiocarbonyl (C=S) groups is 1. The molecule has 2 rings (SSSR count). The van der Waals surface area contributed by atoms with Crippen LogP contribution in [0.3, 0.4) is 0 Å². The normalized spacial score (nSPS) is 10.5. The van der Waals surface area contributed by atoms with Crippen LogP contribution in [0, 0.1) is 13.8 Å². The number of aryl methyl sites for hydroxylation is 2. The topological polar surface area (TPSA) is 41.9 Å². The maximum Gasteiger partial charge on any atom is 0.170 e. The van der Waals surface area contributed by atoms with Gasteiger partial charge < -0.3 is 10.6 Å². The van der Waals surface area contributed by atoms with Gasteiger partial charge in [0.05, 0.1) is 10.7 Å². The summed E-state index contributed by atoms with van der Waals surface area (Å²) >= 11 is 17.3. The molecule has 0 saturated heterocycles. The van der Waals surface area contributed by atoms with Crippen LogP contribution < -0.4 is 10.6 Å². The van der Waals surface area contributed by atoms with Gasteiger partial charge in [-0.15, -0.1) is 0 Å². The molecule has 118 valence electrons. The molecule has 0 aliphatic carbocycles. The molecule has 0 spiro atoms. The Labute approximate surface area is 145 Å². The van der Waals surface area contributed by atoms with Crippen LogP contribution in [0.4, 0.5) is 5.69 Å². The summed E-state index contributed by atoms with van der Waals surface area (Å²) in [5.41, 5.74) is 2.75. The Morgan fingerprint density at radius 1 is 1.27 bits per heavy atom. The number of hydrogen-bond donors (Lipinski definition) is 2. The molecule has 0 amide bonds. The van der Waals surface area contributed by atoms with Gasteiger partial charge in [0.2, 0.25) is 0 Å². The molecule has 7 heteroatoms. The number of hydrogen-bond acceptors (Lipinski definition) is 2. The molecule has 0 bridgehead atoms. The number of aromatic nitrogens is 2. The lowest BCUT2D eigenvalue weighted by Crippen LogP contribution is -2.30. The standard InChI is InChI=1S/C15H18Cl2N4S/c1-10-12(16)5-3-6-14(10)19-15(22)18-7-4-8-21-9-13(17)11(2)20-21/h3,5-6,9H,4,7-8H2,1-2H3,(H2,18,19,22). The smallest absolute Gasteiger partial charge is 0.170 e. The molecule has 1 aromatic carbocycles. The van der Waals surface area contributed by atoms with Gasteiger partial charge in [-0.1, -0.05) is 29.3 Å². The fraction of sp³-hybridized carbons (Fsp3) is 0.333. The third-order valence-electron chi connectivity index (χ3n) is 3.25. The third kappa shape index (κ3) is 4.60. The van der Waals surface area contributed by atoms with Crippen LogP contribution in [0.25, 0.3) is 0 Å². The number of halogens is 2. The maximum absolute atomic E-state index is 6.08. The van der Waals surface area contributed by atoms with E-state index in [4.69, 9.17) is 35.4 Å². The van der Waals surface area contributed by atoms with Crippen molar-refractivity contribution in [3.05, 3.63) is 45.7 Å². The van der Waals surface area contributed by atoms with E-state index in [-0.39, 0.29) is 0 Å². The van der Waals surface area contributed by atoms with Gasteiger partial charge in [-0.3, -0.25) is 4.68 Å². The predicted octanol–water partition coefficient (Wildman–Crippen LogP) is 4.18. The monoisotopic (exact) mass is 356 g/mol. The van der Waals surface area contributed by atoms with Gasteiger partial charge in [0.15, 0.2) is 5.11 Å². The number of nitrogens with zero attached hydrogens (tertiary/aromatic N) is 2. The summed E-state index contributed by atoms with van der Waals surface area (Å²) in [7, 11) is 0. The summed E-state index contributed by atoms with van der Waals surface area (Å²) in [6.45, 7) is 5.39. The van der Waals surface area contributed by atoms with Crippen LogP contribution in [0.2, 0.25) is 10.0 Å². The zero-order chi connectivity index (χ0) is 16.1. The van der Waals surface area contributed by atoms with Crippen LogP contribution in [-0.2, 0) is 6.54 Å². The van der Waals surface area contributed by atoms with Crippen molar-refractivity contribution in [2.45, 2.75) is 26.8 Å². The summed E-state index contributed by atoms with van der Waals surface area (Å²) < 4.78 is 1.84. The average molecular weight is 357 g/mol. The molecule has 4 nitrogen and oxygen atoms in total. The summed E-state index contributed by atoms with van der Waals surface area (Å²) in [5, 5.41) is 12.6. The van der Waals surface area contributed by atoms with E-state index in [1.807, 2.05) is 42.9 Å². The first-order valence-corrected chi connectivity index (χ1v) is 8.13. The second-order valence-corrected chi connectivity index (χ2v) is 6.20. The minimum atomic E-state index is 0.583. The Hall–Kier alpha value is -1.30. The first-order valence-electron chi connectivity index (χ1n) is 6.97. The van der Waals surface area contributed by atoms with E-state index in [1.54, 1.807) is 0 Å². The molecule has 1 heterocycles. The molecule has 0 aliphatic heterocycles. The fourth-order valence-electron chi connectivity index (χ4n) is 1.96. The first kappa shape index (κ1) is 17.1. The minimum absolute atomic E-state index is 0.583. The van der Waals surface area contributed by atoms with E-state index in [0.29, 0.717) is 10.1 Å². The van der Waals surface area contributed by atoms with E-state index in [1.165, 1.54) is 0 Å². The van der Waals surface area contributed by atoms with Crippen molar-refractivity contribution in [3.8, 4) is 0 Å². The van der Waals surface area contributed by atoms with Gasteiger partial charge in [0, 0.05) is 30.0 Å². The first-order chi connectivity index (χ1) is 10.5. The van der Waals surface area contributed by atoms with Gasteiger partial charge in [-0.2, -0.15) is 5.10 Å². The highest BCUT2D eigenvalue weighted by Gasteiger charge is 2.04. The molecule has 22 heavy (non-hydrogen) atoms. The molecule has 0 fully saturated rings. The van der Waals surface area contributed by atoms with Crippen LogP contribution >= 0.6 is 35.4 Å². The summed E-state index contributed by atoms with van der Waals surface area (Å²) in [6.07, 6.45) is 2.73. The molecule has 0 radical (unpaired) electrons. The number of nitrogens with one attached hydrogen (secondary N) is 2. The van der Waals surface area contributed by atoms with Crippen molar-refractivity contribution in [3.63, 3.8) is 0 Å². The number of anilines is 1. The van der Waals surface area contributed by atoms with Crippen molar-refractivity contribution in [1.82, 2.24) is 15.1 Å². The zero-order valence-electron chi connectivity index (χ0n) is 12.5. The largest absolute Gasteiger partial charge is 0.362 e. The quantitative estimate of drug-likeness (QED) is 0.622. The van der Waals surface area contributed by atoms with E-state index < -0.39 is 0 Å². The minimum Gasteiger partial charge on any atom is -0.362 e. The molecule has 0 saturated carbocycles. The molecular weight excluding hydrogens is 339 g/mol. The lowest BCUT2D eigenvalue weighted by atomic mass is 10.2. The molecule has 1 aromatic heterocycles. The third-order valence-corrected chi connectivity index (χ3v) is 4.28. The maximum atomic E-state index is 6.08. The van der Waals surface area contributed by atoms with Gasteiger partial charge in [0.25, 0.3) is 0 Å². The van der Waals surface area contributed by atoms with Crippen molar-refractivity contribution >= 4 is 46.2 Å². The van der Waals surface area contributed by atoms with E-state index in [0.717, 1.165) is 41.5 Å². The predicted molar refractivity (Wildman–Crippen MR) is 97.0 cm³/mol. The molecule has 0 unspecified atom stereocenters. The lowest BCUT2D eigenvalue weighted by molar-refractivity contribution is 0.570. The molecular formula is C15H18Cl2N4S. The zero-order valence-corrected chi connectivity index (χ0v) is 14.8. The Bertz CT molecular complexity index is 650. The van der Waals surface area contributed by atoms with Gasteiger partial charge in [-0.05, 0) is 50.2 Å². The molecule has 0 atom stereocenters. The van der Waals surface area contributed by atoms with E-state index in [9.17, 15) is 0 Å². The lowest BCUT2D eigenvalue weighted by Gasteiger charge is -2.13. The van der Waals surface area contributed by atoms with E-state index in [2.05, 4.69) is 15.7 Å². The van der Waals surface area contributed by atoms with Crippen molar-refractivity contribution in [1.29, 1.82) is 0 Å². The Kier molecular flexibility index (Phi) is 6.06. The van der Waals surface area contributed by atoms with Crippen LogP contribution in [-0.4, -0.2) is 21.4 Å². The molecule has 2 aromatic rings. The van der Waals surface area contributed by atoms with Gasteiger partial charge >= 0.3 is 0 Å². The van der Waals surface area contributed by atoms with Crippen molar-refractivity contribution in [2.75, 3.05) is 11.9 Å². The molecule has 0 aliphatic rings. The van der Waals surface area contributed by atoms with Crippen LogP contribution in [0.1, 0.15) is 17.7 Å². The molecule has 2 N–H and O–H groups in total. The van der Waals surface area contributed by atoms with E-state index >= 15 is 0 Å². The second-order valence-electron chi connectivity index (χ2n) is 4.97. The summed E-state index contributed by atoms with van der Waals surface area (Å²) in [4.78, 5) is 0. The van der Waals surface area contributed by atoms with Gasteiger partial charge in [-0.25, -0.2) is 0 Å². The highest BCUT2D eigenvalue weighted by molar-refractivity contribution is 7.80. The Morgan fingerprint density at radius 3 is 2.73 bits per heavy atom. The average Bonchev–Trinajstić information content (AvgIpc) is 2.79. The Balaban J connectivity index is 1.75. The van der Waals surface area contributed by atoms with Crippen LogP contribution in [0.15, 0.2) is 24.4 Å².